The van der Waals surface area contributed by atoms with Crippen molar-refractivity contribution in [1.29, 1.82) is 0 Å². The topological polar surface area (TPSA) is 111 Å². The molecule has 9 nitrogen and oxygen atoms in total. The van der Waals surface area contributed by atoms with Gasteiger partial charge < -0.3 is 10.1 Å². The van der Waals surface area contributed by atoms with Gasteiger partial charge in [0.2, 0.25) is 11.1 Å². The summed E-state index contributed by atoms with van der Waals surface area (Å²) < 4.78 is 6.83. The number of tetrazole rings is 1. The minimum Gasteiger partial charge on any atom is -0.494 e. The average Bonchev–Trinajstić information content (AvgIpc) is 3.17. The second-order valence-electron chi connectivity index (χ2n) is 6.57. The average molecular weight is 427 g/mol. The highest BCUT2D eigenvalue weighted by Gasteiger charge is 2.22. The van der Waals surface area contributed by atoms with Crippen LogP contribution in [0.5, 0.6) is 5.75 Å². The number of aryl methyl sites for hydroxylation is 2. The molecule has 1 aromatic heterocycles. The minimum atomic E-state index is -0.616. The Bertz CT molecular complexity index is 1070. The first kappa shape index (κ1) is 21.3. The number of hydrogen-bond donors (Lipinski definition) is 2. The molecule has 0 saturated carbocycles. The Balaban J connectivity index is 1.65. The molecule has 1 atom stereocenters. The highest BCUT2D eigenvalue weighted by atomic mass is 32.2. The van der Waals surface area contributed by atoms with Crippen LogP contribution in [0.4, 0.5) is 10.5 Å². The zero-order chi connectivity index (χ0) is 21.7. The van der Waals surface area contributed by atoms with Crippen molar-refractivity contribution in [3.63, 3.8) is 0 Å². The molecule has 1 unspecified atom stereocenters. The molecular weight excluding hydrogens is 404 g/mol. The molecule has 0 fully saturated rings. The SMILES string of the molecule is COc1ccccc1-n1nnnc1SC(C)C(=O)NC(=O)Nc1ccc(C)cc1C. The molecule has 0 spiro atoms. The van der Waals surface area contributed by atoms with Gasteiger partial charge in [-0.2, -0.15) is 4.68 Å². The van der Waals surface area contributed by atoms with Crippen molar-refractivity contribution in [2.75, 3.05) is 12.4 Å². The normalized spacial score (nSPS) is 11.6. The van der Waals surface area contributed by atoms with Gasteiger partial charge in [-0.15, -0.1) is 5.10 Å². The van der Waals surface area contributed by atoms with Gasteiger partial charge in [0.15, 0.2) is 0 Å². The molecule has 10 heteroatoms. The van der Waals surface area contributed by atoms with Gasteiger partial charge in [-0.25, -0.2) is 4.79 Å². The van der Waals surface area contributed by atoms with Gasteiger partial charge in [-0.1, -0.05) is 41.6 Å². The number of imide groups is 1. The maximum Gasteiger partial charge on any atom is 0.325 e. The predicted octanol–water partition coefficient (Wildman–Crippen LogP) is 3.12. The molecule has 0 radical (unpaired) electrons. The molecule has 0 bridgehead atoms. The van der Waals surface area contributed by atoms with Crippen molar-refractivity contribution in [2.45, 2.75) is 31.2 Å². The molecule has 2 aromatic carbocycles. The van der Waals surface area contributed by atoms with E-state index in [1.165, 1.54) is 4.68 Å². The zero-order valence-electron chi connectivity index (χ0n) is 17.0. The van der Waals surface area contributed by atoms with Crippen LogP contribution < -0.4 is 15.4 Å². The summed E-state index contributed by atoms with van der Waals surface area (Å²) in [7, 11) is 1.56. The van der Waals surface area contributed by atoms with Gasteiger partial charge in [-0.05, 0) is 55.0 Å². The lowest BCUT2D eigenvalue weighted by Gasteiger charge is -2.13. The highest BCUT2D eigenvalue weighted by molar-refractivity contribution is 8.00. The lowest BCUT2D eigenvalue weighted by molar-refractivity contribution is -0.119. The molecule has 3 amide bonds. The van der Waals surface area contributed by atoms with Crippen LogP contribution >= 0.6 is 11.8 Å². The van der Waals surface area contributed by atoms with Crippen molar-refractivity contribution in [3.05, 3.63) is 53.6 Å². The summed E-state index contributed by atoms with van der Waals surface area (Å²) >= 11 is 1.13. The second-order valence-corrected chi connectivity index (χ2v) is 7.87. The number of ether oxygens (including phenoxy) is 1. The molecule has 1 heterocycles. The Morgan fingerprint density at radius 3 is 2.67 bits per heavy atom. The lowest BCUT2D eigenvalue weighted by atomic mass is 10.1. The summed E-state index contributed by atoms with van der Waals surface area (Å²) in [5.74, 6) is 0.133. The van der Waals surface area contributed by atoms with E-state index >= 15 is 0 Å². The van der Waals surface area contributed by atoms with Crippen LogP contribution in [0.1, 0.15) is 18.1 Å². The maximum atomic E-state index is 12.5. The summed E-state index contributed by atoms with van der Waals surface area (Å²) in [6.07, 6.45) is 0. The van der Waals surface area contributed by atoms with Gasteiger partial charge >= 0.3 is 6.03 Å². The number of carbonyl (C=O) groups is 2. The second kappa shape index (κ2) is 9.40. The van der Waals surface area contributed by atoms with Crippen molar-refractivity contribution in [1.82, 2.24) is 25.5 Å². The molecular formula is C20H22N6O3S. The van der Waals surface area contributed by atoms with Crippen molar-refractivity contribution in [2.24, 2.45) is 0 Å². The van der Waals surface area contributed by atoms with Gasteiger partial charge in [-0.3, -0.25) is 10.1 Å². The predicted molar refractivity (Wildman–Crippen MR) is 114 cm³/mol. The molecule has 2 N–H and O–H groups in total. The van der Waals surface area contributed by atoms with E-state index in [-0.39, 0.29) is 0 Å². The molecule has 3 aromatic rings. The Labute approximate surface area is 178 Å². The van der Waals surface area contributed by atoms with Crippen LogP contribution in [-0.2, 0) is 4.79 Å². The number of thioether (sulfide) groups is 1. The summed E-state index contributed by atoms with van der Waals surface area (Å²) in [6.45, 7) is 5.53. The van der Waals surface area contributed by atoms with Crippen molar-refractivity contribution in [3.8, 4) is 11.4 Å². The van der Waals surface area contributed by atoms with Gasteiger partial charge in [0.25, 0.3) is 0 Å². The number of methoxy groups -OCH3 is 1. The number of urea groups is 1. The van der Waals surface area contributed by atoms with Crippen molar-refractivity contribution >= 4 is 29.4 Å². The van der Waals surface area contributed by atoms with Crippen LogP contribution in [0.3, 0.4) is 0 Å². The number of carbonyl (C=O) groups excluding carboxylic acids is 2. The van der Waals surface area contributed by atoms with E-state index in [0.717, 1.165) is 22.9 Å². The molecule has 3 rings (SSSR count). The smallest absolute Gasteiger partial charge is 0.325 e. The van der Waals surface area contributed by atoms with Crippen LogP contribution in [0.15, 0.2) is 47.6 Å². The Hall–Kier alpha value is -3.40. The third kappa shape index (κ3) is 4.95. The number of amides is 3. The fraction of sp³-hybridized carbons (Fsp3) is 0.250. The number of nitrogens with one attached hydrogen (secondary N) is 2. The van der Waals surface area contributed by atoms with Crippen LogP contribution in [0, 0.1) is 13.8 Å². The zero-order valence-corrected chi connectivity index (χ0v) is 17.9. The van der Waals surface area contributed by atoms with E-state index in [1.807, 2.05) is 38.1 Å². The summed E-state index contributed by atoms with van der Waals surface area (Å²) in [4.78, 5) is 24.7. The van der Waals surface area contributed by atoms with E-state index in [1.54, 1.807) is 32.2 Å². The largest absolute Gasteiger partial charge is 0.494 e. The van der Waals surface area contributed by atoms with Crippen LogP contribution in [0.2, 0.25) is 0 Å². The first-order valence-electron chi connectivity index (χ1n) is 9.16. The lowest BCUT2D eigenvalue weighted by Crippen LogP contribution is -2.39. The van der Waals surface area contributed by atoms with E-state index < -0.39 is 17.2 Å². The van der Waals surface area contributed by atoms with Crippen LogP contribution in [-0.4, -0.2) is 44.5 Å². The fourth-order valence-electron chi connectivity index (χ4n) is 2.74. The standard InChI is InChI=1S/C20H22N6O3S/c1-12-9-10-15(13(2)11-12)21-19(28)22-18(27)14(3)30-20-23-24-25-26(20)16-7-5-6-8-17(16)29-4/h5-11,14H,1-4H3,(H2,21,22,27,28). The van der Waals surface area contributed by atoms with E-state index in [2.05, 4.69) is 26.2 Å². The van der Waals surface area contributed by atoms with Crippen molar-refractivity contribution < 1.29 is 14.3 Å². The first-order chi connectivity index (χ1) is 14.4. The molecule has 156 valence electrons. The molecule has 0 aliphatic carbocycles. The number of benzene rings is 2. The Kier molecular flexibility index (Phi) is 6.68. The monoisotopic (exact) mass is 426 g/mol. The highest BCUT2D eigenvalue weighted by Crippen LogP contribution is 2.27. The third-order valence-corrected chi connectivity index (χ3v) is 5.31. The summed E-state index contributed by atoms with van der Waals surface area (Å²) in [6, 6.07) is 12.3. The van der Waals surface area contributed by atoms with Gasteiger partial charge in [0, 0.05) is 5.69 Å². The number of hydrogen-bond acceptors (Lipinski definition) is 7. The minimum absolute atomic E-state index is 0.400. The summed E-state index contributed by atoms with van der Waals surface area (Å²) in [5.41, 5.74) is 3.29. The molecule has 30 heavy (non-hydrogen) atoms. The molecule has 0 aliphatic heterocycles. The Morgan fingerprint density at radius 1 is 1.17 bits per heavy atom. The first-order valence-corrected chi connectivity index (χ1v) is 10.0. The van der Waals surface area contributed by atoms with Crippen LogP contribution in [0.25, 0.3) is 5.69 Å². The number of aromatic nitrogens is 4. The fourth-order valence-corrected chi connectivity index (χ4v) is 3.54. The van der Waals surface area contributed by atoms with E-state index in [9.17, 15) is 9.59 Å². The third-order valence-electron chi connectivity index (χ3n) is 4.27. The molecule has 0 aliphatic rings. The quantitative estimate of drug-likeness (QED) is 0.583. The summed E-state index contributed by atoms with van der Waals surface area (Å²) in [5, 5.41) is 16.5. The Morgan fingerprint density at radius 2 is 1.93 bits per heavy atom. The van der Waals surface area contributed by atoms with Gasteiger partial charge in [0.1, 0.15) is 11.4 Å². The van der Waals surface area contributed by atoms with Gasteiger partial charge in [0.05, 0.1) is 12.4 Å². The maximum absolute atomic E-state index is 12.5. The van der Waals surface area contributed by atoms with E-state index in [4.69, 9.17) is 4.74 Å². The number of para-hydroxylation sites is 2. The number of rotatable bonds is 6. The van der Waals surface area contributed by atoms with E-state index in [0.29, 0.717) is 22.3 Å². The number of nitrogens with zero attached hydrogens (tertiary/aromatic N) is 4. The molecule has 0 saturated heterocycles. The number of anilines is 1.